The Morgan fingerprint density at radius 3 is 2.62 bits per heavy atom. The molecule has 16 heavy (non-hydrogen) atoms. The van der Waals surface area contributed by atoms with Crippen LogP contribution in [0, 0.1) is 17.0 Å². The van der Waals surface area contributed by atoms with E-state index in [9.17, 15) is 14.9 Å². The highest BCUT2D eigenvalue weighted by molar-refractivity contribution is 5.94. The quantitative estimate of drug-likeness (QED) is 0.649. The second-order valence-electron chi connectivity index (χ2n) is 2.89. The minimum atomic E-state index is -0.529. The Labute approximate surface area is 98.1 Å². The van der Waals surface area contributed by atoms with Gasteiger partial charge in [-0.2, -0.15) is 0 Å². The second-order valence-corrected chi connectivity index (χ2v) is 2.89. The summed E-state index contributed by atoms with van der Waals surface area (Å²) in [5.41, 5.74) is 2.70. The number of nitro benzene ring substituents is 1. The molecule has 1 amide bonds. The standard InChI is InChI=1S/C9H10N2O4.ClH/c1-6-3-4-7(9(12)10-15-2)5-8(6)11(13)14;/h3-5H,1-2H3,(H,10,12);1H. The van der Waals surface area contributed by atoms with Crippen LogP contribution in [0.1, 0.15) is 15.9 Å². The third-order valence-electron chi connectivity index (χ3n) is 1.86. The molecule has 0 fully saturated rings. The zero-order valence-electron chi connectivity index (χ0n) is 8.72. The summed E-state index contributed by atoms with van der Waals surface area (Å²) in [7, 11) is 1.29. The van der Waals surface area contributed by atoms with Gasteiger partial charge in [0, 0.05) is 17.2 Å². The van der Waals surface area contributed by atoms with Gasteiger partial charge >= 0.3 is 0 Å². The maximum Gasteiger partial charge on any atom is 0.275 e. The lowest BCUT2D eigenvalue weighted by Crippen LogP contribution is -2.21. The van der Waals surface area contributed by atoms with Crippen molar-refractivity contribution in [3.8, 4) is 0 Å². The van der Waals surface area contributed by atoms with Crippen LogP contribution >= 0.6 is 12.4 Å². The number of carbonyl (C=O) groups is 1. The average molecular weight is 247 g/mol. The fraction of sp³-hybridized carbons (Fsp3) is 0.222. The van der Waals surface area contributed by atoms with Crippen LogP contribution in [0.5, 0.6) is 0 Å². The van der Waals surface area contributed by atoms with Crippen molar-refractivity contribution in [2.75, 3.05) is 7.11 Å². The average Bonchev–Trinajstić information content (AvgIpc) is 2.18. The number of benzene rings is 1. The van der Waals surface area contributed by atoms with E-state index >= 15 is 0 Å². The van der Waals surface area contributed by atoms with Gasteiger partial charge in [0.1, 0.15) is 0 Å². The summed E-state index contributed by atoms with van der Waals surface area (Å²) >= 11 is 0. The molecule has 1 rings (SSSR count). The predicted octanol–water partition coefficient (Wildman–Crippen LogP) is 1.62. The molecule has 0 spiro atoms. The van der Waals surface area contributed by atoms with Gasteiger partial charge in [0.05, 0.1) is 12.0 Å². The molecule has 0 bridgehead atoms. The van der Waals surface area contributed by atoms with Gasteiger partial charge < -0.3 is 0 Å². The van der Waals surface area contributed by atoms with Gasteiger partial charge in [0.15, 0.2) is 0 Å². The first-order valence-corrected chi connectivity index (χ1v) is 4.14. The maximum absolute atomic E-state index is 11.3. The summed E-state index contributed by atoms with van der Waals surface area (Å²) in [5, 5.41) is 10.6. The number of halogens is 1. The van der Waals surface area contributed by atoms with Gasteiger partial charge in [0.2, 0.25) is 0 Å². The van der Waals surface area contributed by atoms with Crippen molar-refractivity contribution in [3.05, 3.63) is 39.4 Å². The lowest BCUT2D eigenvalue weighted by molar-refractivity contribution is -0.385. The molecule has 0 saturated heterocycles. The van der Waals surface area contributed by atoms with Crippen LogP contribution in [0.25, 0.3) is 0 Å². The molecule has 0 aliphatic rings. The highest BCUT2D eigenvalue weighted by Gasteiger charge is 2.14. The molecule has 7 heteroatoms. The van der Waals surface area contributed by atoms with Crippen LogP contribution in [-0.2, 0) is 4.84 Å². The molecule has 0 heterocycles. The Morgan fingerprint density at radius 1 is 1.50 bits per heavy atom. The number of carbonyl (C=O) groups excluding carboxylic acids is 1. The molecule has 0 saturated carbocycles. The van der Waals surface area contributed by atoms with Crippen molar-refractivity contribution in [3.63, 3.8) is 0 Å². The number of aryl methyl sites for hydroxylation is 1. The SMILES string of the molecule is CONC(=O)c1ccc(C)c([N+](=O)[O-])c1.Cl. The molecule has 0 aliphatic heterocycles. The minimum Gasteiger partial charge on any atom is -0.277 e. The maximum atomic E-state index is 11.3. The number of nitro groups is 1. The van der Waals surface area contributed by atoms with Crippen molar-refractivity contribution in [2.45, 2.75) is 6.92 Å². The normalized spacial score (nSPS) is 9.12. The van der Waals surface area contributed by atoms with Crippen LogP contribution in [0.15, 0.2) is 18.2 Å². The van der Waals surface area contributed by atoms with Gasteiger partial charge in [0.25, 0.3) is 11.6 Å². The van der Waals surface area contributed by atoms with E-state index in [1.807, 2.05) is 0 Å². The number of rotatable bonds is 3. The monoisotopic (exact) mass is 246 g/mol. The summed E-state index contributed by atoms with van der Waals surface area (Å²) < 4.78 is 0. The van der Waals surface area contributed by atoms with Gasteiger partial charge in [-0.1, -0.05) is 6.07 Å². The number of hydrogen-bond acceptors (Lipinski definition) is 4. The fourth-order valence-corrected chi connectivity index (χ4v) is 1.10. The Morgan fingerprint density at radius 2 is 2.12 bits per heavy atom. The molecule has 0 atom stereocenters. The molecule has 0 aliphatic carbocycles. The van der Waals surface area contributed by atoms with Crippen molar-refractivity contribution < 1.29 is 14.6 Å². The molecular formula is C9H11ClN2O4. The minimum absolute atomic E-state index is 0. The van der Waals surface area contributed by atoms with E-state index in [4.69, 9.17) is 0 Å². The fourth-order valence-electron chi connectivity index (χ4n) is 1.10. The smallest absolute Gasteiger partial charge is 0.275 e. The molecule has 1 aromatic carbocycles. The lowest BCUT2D eigenvalue weighted by atomic mass is 10.1. The Balaban J connectivity index is 0.00000225. The highest BCUT2D eigenvalue weighted by atomic mass is 35.5. The second kappa shape index (κ2) is 6.04. The van der Waals surface area contributed by atoms with Crippen molar-refractivity contribution in [1.82, 2.24) is 5.48 Å². The molecule has 6 nitrogen and oxygen atoms in total. The predicted molar refractivity (Wildman–Crippen MR) is 59.6 cm³/mol. The van der Waals surface area contributed by atoms with Gasteiger partial charge in [-0.25, -0.2) is 5.48 Å². The largest absolute Gasteiger partial charge is 0.277 e. The van der Waals surface area contributed by atoms with Crippen LogP contribution in [0.2, 0.25) is 0 Å². The van der Waals surface area contributed by atoms with Crippen LogP contribution in [-0.4, -0.2) is 17.9 Å². The van der Waals surface area contributed by atoms with Crippen molar-refractivity contribution in [1.29, 1.82) is 0 Å². The Kier molecular flexibility index (Phi) is 5.41. The van der Waals surface area contributed by atoms with Crippen LogP contribution in [0.4, 0.5) is 5.69 Å². The third-order valence-corrected chi connectivity index (χ3v) is 1.86. The first-order chi connectivity index (χ1) is 7.06. The molecule has 1 N–H and O–H groups in total. The first kappa shape index (κ1) is 14.3. The summed E-state index contributed by atoms with van der Waals surface area (Å²) in [6.07, 6.45) is 0. The van der Waals surface area contributed by atoms with E-state index in [2.05, 4.69) is 10.3 Å². The number of nitrogens with zero attached hydrogens (tertiary/aromatic N) is 1. The Hall–Kier alpha value is -1.66. The van der Waals surface area contributed by atoms with E-state index in [0.29, 0.717) is 5.56 Å². The zero-order chi connectivity index (χ0) is 11.4. The topological polar surface area (TPSA) is 81.5 Å². The van der Waals surface area contributed by atoms with E-state index in [1.165, 1.54) is 25.3 Å². The van der Waals surface area contributed by atoms with Crippen LogP contribution < -0.4 is 5.48 Å². The van der Waals surface area contributed by atoms with E-state index in [1.54, 1.807) is 6.92 Å². The number of nitrogens with one attached hydrogen (secondary N) is 1. The Bertz CT molecular complexity index is 408. The summed E-state index contributed by atoms with van der Waals surface area (Å²) in [6, 6.07) is 4.23. The van der Waals surface area contributed by atoms with Crippen molar-refractivity contribution in [2.24, 2.45) is 0 Å². The van der Waals surface area contributed by atoms with Gasteiger partial charge in [-0.05, 0) is 13.0 Å². The number of hydrogen-bond donors (Lipinski definition) is 1. The lowest BCUT2D eigenvalue weighted by Gasteiger charge is -2.02. The van der Waals surface area contributed by atoms with Crippen LogP contribution in [0.3, 0.4) is 0 Å². The molecule has 0 radical (unpaired) electrons. The van der Waals surface area contributed by atoms with E-state index in [0.717, 1.165) is 0 Å². The molecule has 0 unspecified atom stereocenters. The molecule has 1 aromatic rings. The first-order valence-electron chi connectivity index (χ1n) is 4.14. The number of amides is 1. The van der Waals surface area contributed by atoms with Crippen molar-refractivity contribution >= 4 is 24.0 Å². The third kappa shape index (κ3) is 3.18. The summed E-state index contributed by atoms with van der Waals surface area (Å²) in [5.74, 6) is -0.513. The summed E-state index contributed by atoms with van der Waals surface area (Å²) in [6.45, 7) is 1.61. The molecule has 88 valence electrons. The molecule has 0 aromatic heterocycles. The zero-order valence-corrected chi connectivity index (χ0v) is 9.54. The summed E-state index contributed by atoms with van der Waals surface area (Å²) in [4.78, 5) is 25.8. The van der Waals surface area contributed by atoms with Gasteiger partial charge in [-0.3, -0.25) is 19.7 Å². The highest BCUT2D eigenvalue weighted by Crippen LogP contribution is 2.18. The number of hydroxylamine groups is 1. The van der Waals surface area contributed by atoms with E-state index < -0.39 is 10.8 Å². The van der Waals surface area contributed by atoms with Gasteiger partial charge in [-0.15, -0.1) is 12.4 Å². The molecular weight excluding hydrogens is 236 g/mol. The van der Waals surface area contributed by atoms with E-state index in [-0.39, 0.29) is 23.7 Å².